The maximum absolute atomic E-state index is 12.7. The summed E-state index contributed by atoms with van der Waals surface area (Å²) in [5.74, 6) is -1.86. The number of carbonyl (C=O) groups excluding carboxylic acids is 1. The molecule has 2 nitrogen and oxygen atoms in total. The Kier molecular flexibility index (Phi) is 3.98. The molecule has 5 heteroatoms. The molecule has 0 aliphatic carbocycles. The third-order valence-corrected chi connectivity index (χ3v) is 2.60. The number of hydrogen-bond donors (Lipinski definition) is 0. The van der Waals surface area contributed by atoms with Crippen molar-refractivity contribution in [2.24, 2.45) is 0 Å². The van der Waals surface area contributed by atoms with Gasteiger partial charge in [0.05, 0.1) is 0 Å². The van der Waals surface area contributed by atoms with Crippen LogP contribution < -0.4 is 0 Å². The van der Waals surface area contributed by atoms with Crippen LogP contribution in [0.2, 0.25) is 0 Å². The number of ketones is 1. The predicted molar refractivity (Wildman–Crippen MR) is 69.6 cm³/mol. The Bertz CT molecular complexity index is 619. The number of carbonyl (C=O) groups is 1. The summed E-state index contributed by atoms with van der Waals surface area (Å²) in [6.45, 7) is 0. The van der Waals surface area contributed by atoms with Crippen molar-refractivity contribution in [1.29, 1.82) is 0 Å². The zero-order chi connectivity index (χ0) is 14.6. The van der Waals surface area contributed by atoms with Crippen LogP contribution in [0.15, 0.2) is 54.9 Å². The van der Waals surface area contributed by atoms with Crippen molar-refractivity contribution < 1.29 is 18.0 Å². The number of aromatic nitrogens is 1. The number of rotatable bonds is 3. The molecule has 0 saturated heterocycles. The highest BCUT2D eigenvalue weighted by Gasteiger charge is 2.40. The summed E-state index contributed by atoms with van der Waals surface area (Å²) in [7, 11) is 0. The van der Waals surface area contributed by atoms with E-state index in [1.54, 1.807) is 18.2 Å². The van der Waals surface area contributed by atoms with E-state index in [1.165, 1.54) is 42.7 Å². The van der Waals surface area contributed by atoms with Gasteiger partial charge in [-0.15, -0.1) is 0 Å². The highest BCUT2D eigenvalue weighted by Crippen LogP contribution is 2.28. The molecule has 0 saturated carbocycles. The van der Waals surface area contributed by atoms with E-state index in [0.29, 0.717) is 5.56 Å². The Labute approximate surface area is 113 Å². The predicted octanol–water partition coefficient (Wildman–Crippen LogP) is 3.75. The molecule has 1 heterocycles. The lowest BCUT2D eigenvalue weighted by atomic mass is 9.99. The first kappa shape index (κ1) is 14.0. The van der Waals surface area contributed by atoms with Gasteiger partial charge < -0.3 is 0 Å². The van der Waals surface area contributed by atoms with Crippen LogP contribution in [0.5, 0.6) is 0 Å². The largest absolute Gasteiger partial charge is 0.454 e. The van der Waals surface area contributed by atoms with Crippen LogP contribution in [-0.4, -0.2) is 16.9 Å². The van der Waals surface area contributed by atoms with Crippen LogP contribution in [-0.2, 0) is 4.79 Å². The van der Waals surface area contributed by atoms with Crippen molar-refractivity contribution in [3.05, 3.63) is 66.0 Å². The number of benzene rings is 1. The van der Waals surface area contributed by atoms with Gasteiger partial charge in [0.25, 0.3) is 5.78 Å². The second-order valence-electron chi connectivity index (χ2n) is 4.03. The Hall–Kier alpha value is -2.43. The highest BCUT2D eigenvalue weighted by molar-refractivity contribution is 6.27. The van der Waals surface area contributed by atoms with E-state index in [4.69, 9.17) is 0 Å². The molecule has 0 unspecified atom stereocenters. The minimum atomic E-state index is -4.91. The number of nitrogens with zero attached hydrogens (tertiary/aromatic N) is 1. The third-order valence-electron chi connectivity index (χ3n) is 2.60. The third kappa shape index (κ3) is 3.32. The van der Waals surface area contributed by atoms with E-state index in [9.17, 15) is 18.0 Å². The molecule has 1 aromatic carbocycles. The smallest absolute Gasteiger partial charge is 0.284 e. The van der Waals surface area contributed by atoms with Crippen molar-refractivity contribution in [3.63, 3.8) is 0 Å². The van der Waals surface area contributed by atoms with Gasteiger partial charge in [-0.1, -0.05) is 30.3 Å². The van der Waals surface area contributed by atoms with Crippen LogP contribution in [0.4, 0.5) is 13.2 Å². The second kappa shape index (κ2) is 5.69. The minimum Gasteiger partial charge on any atom is -0.284 e. The van der Waals surface area contributed by atoms with Gasteiger partial charge in [-0.3, -0.25) is 9.78 Å². The van der Waals surface area contributed by atoms with E-state index in [-0.39, 0.29) is 11.1 Å². The molecule has 0 fully saturated rings. The first-order chi connectivity index (χ1) is 9.48. The Morgan fingerprint density at radius 1 is 1.00 bits per heavy atom. The average molecular weight is 277 g/mol. The Morgan fingerprint density at radius 3 is 2.15 bits per heavy atom. The topological polar surface area (TPSA) is 30.0 Å². The molecule has 102 valence electrons. The summed E-state index contributed by atoms with van der Waals surface area (Å²) in [5, 5.41) is 0. The molecule has 1 aromatic heterocycles. The van der Waals surface area contributed by atoms with E-state index >= 15 is 0 Å². The lowest BCUT2D eigenvalue weighted by molar-refractivity contribution is -0.164. The fourth-order valence-electron chi connectivity index (χ4n) is 1.68. The number of alkyl halides is 3. The minimum absolute atomic E-state index is 0.228. The van der Waals surface area contributed by atoms with Crippen molar-refractivity contribution in [2.75, 3.05) is 0 Å². The summed E-state index contributed by atoms with van der Waals surface area (Å²) >= 11 is 0. The summed E-state index contributed by atoms with van der Waals surface area (Å²) < 4.78 is 38.1. The molecule has 2 aromatic rings. The Balaban J connectivity index is 2.51. The second-order valence-corrected chi connectivity index (χ2v) is 4.03. The van der Waals surface area contributed by atoms with E-state index in [0.717, 1.165) is 0 Å². The van der Waals surface area contributed by atoms with Gasteiger partial charge in [0.2, 0.25) is 0 Å². The molecule has 0 atom stereocenters. The number of hydrogen-bond acceptors (Lipinski definition) is 2. The molecule has 20 heavy (non-hydrogen) atoms. The molecule has 0 bridgehead atoms. The van der Waals surface area contributed by atoms with Gasteiger partial charge in [-0.2, -0.15) is 13.2 Å². The van der Waals surface area contributed by atoms with Gasteiger partial charge in [0.1, 0.15) is 0 Å². The van der Waals surface area contributed by atoms with Crippen molar-refractivity contribution in [3.8, 4) is 0 Å². The zero-order valence-corrected chi connectivity index (χ0v) is 10.3. The number of halogens is 3. The Morgan fingerprint density at radius 2 is 1.60 bits per heavy atom. The van der Waals surface area contributed by atoms with Crippen LogP contribution in [0, 0.1) is 0 Å². The lowest BCUT2D eigenvalue weighted by Crippen LogP contribution is -2.23. The molecular weight excluding hydrogens is 267 g/mol. The number of allylic oxidation sites excluding steroid dienone is 1. The van der Waals surface area contributed by atoms with Crippen molar-refractivity contribution in [2.45, 2.75) is 6.18 Å². The van der Waals surface area contributed by atoms with Crippen LogP contribution in [0.25, 0.3) is 11.6 Å². The summed E-state index contributed by atoms with van der Waals surface area (Å²) in [4.78, 5) is 15.3. The molecule has 0 N–H and O–H groups in total. The van der Waals surface area contributed by atoms with Gasteiger partial charge in [-0.05, 0) is 29.3 Å². The summed E-state index contributed by atoms with van der Waals surface area (Å²) in [6.07, 6.45) is -0.791. The molecule has 0 amide bonds. The van der Waals surface area contributed by atoms with Gasteiger partial charge in [0, 0.05) is 18.0 Å². The van der Waals surface area contributed by atoms with Gasteiger partial charge >= 0.3 is 6.18 Å². The number of Topliss-reactive ketones (excluding diaryl/α,β-unsaturated/α-hetero) is 1. The standard InChI is InChI=1S/C15H10F3NO/c16-15(17,18)14(20)13(12-4-2-1-3-5-12)10-11-6-8-19-9-7-11/h1-10H/b13-10+. The van der Waals surface area contributed by atoms with Crippen LogP contribution in [0.3, 0.4) is 0 Å². The molecule has 0 aliphatic heterocycles. The molecule has 2 rings (SSSR count). The molecular formula is C15H10F3NO. The fourth-order valence-corrected chi connectivity index (χ4v) is 1.68. The number of pyridine rings is 1. The summed E-state index contributed by atoms with van der Waals surface area (Å²) in [6, 6.07) is 10.8. The maximum atomic E-state index is 12.7. The molecule has 0 spiro atoms. The van der Waals surface area contributed by atoms with Crippen molar-refractivity contribution >= 4 is 17.4 Å². The maximum Gasteiger partial charge on any atom is 0.454 e. The van der Waals surface area contributed by atoms with E-state index in [1.807, 2.05) is 0 Å². The van der Waals surface area contributed by atoms with E-state index < -0.39 is 12.0 Å². The first-order valence-corrected chi connectivity index (χ1v) is 5.77. The van der Waals surface area contributed by atoms with E-state index in [2.05, 4.69) is 4.98 Å². The normalized spacial score (nSPS) is 12.2. The highest BCUT2D eigenvalue weighted by atomic mass is 19.4. The monoisotopic (exact) mass is 277 g/mol. The van der Waals surface area contributed by atoms with Crippen molar-refractivity contribution in [1.82, 2.24) is 4.98 Å². The zero-order valence-electron chi connectivity index (χ0n) is 10.3. The summed E-state index contributed by atoms with van der Waals surface area (Å²) in [5.41, 5.74) is 0.326. The SMILES string of the molecule is O=C(/C(=C/c1ccncc1)c1ccccc1)C(F)(F)F. The van der Waals surface area contributed by atoms with Gasteiger partial charge in [0.15, 0.2) is 0 Å². The first-order valence-electron chi connectivity index (χ1n) is 5.77. The van der Waals surface area contributed by atoms with Gasteiger partial charge in [-0.25, -0.2) is 0 Å². The van der Waals surface area contributed by atoms with Crippen LogP contribution >= 0.6 is 0 Å². The molecule has 0 aliphatic rings. The quantitative estimate of drug-likeness (QED) is 0.800. The fraction of sp³-hybridized carbons (Fsp3) is 0.0667. The van der Waals surface area contributed by atoms with Crippen LogP contribution in [0.1, 0.15) is 11.1 Å². The lowest BCUT2D eigenvalue weighted by Gasteiger charge is -2.10. The average Bonchev–Trinajstić information content (AvgIpc) is 2.45. The molecule has 0 radical (unpaired) electrons.